The van der Waals surface area contributed by atoms with E-state index in [1.54, 1.807) is 12.1 Å². The zero-order valence-corrected chi connectivity index (χ0v) is 9.33. The second-order valence-corrected chi connectivity index (χ2v) is 4.52. The Hall–Kier alpha value is -1.18. The van der Waals surface area contributed by atoms with Crippen molar-refractivity contribution in [1.29, 1.82) is 0 Å². The molecule has 2 N–H and O–H groups in total. The van der Waals surface area contributed by atoms with Crippen molar-refractivity contribution in [3.63, 3.8) is 0 Å². The molecule has 2 atom stereocenters. The fourth-order valence-electron chi connectivity index (χ4n) is 2.74. The molecule has 15 heavy (non-hydrogen) atoms. The Labute approximate surface area is 90.6 Å². The summed E-state index contributed by atoms with van der Waals surface area (Å²) in [4.78, 5) is 0. The van der Waals surface area contributed by atoms with Gasteiger partial charge in [-0.05, 0) is 41.9 Å². The van der Waals surface area contributed by atoms with Crippen molar-refractivity contribution in [1.82, 2.24) is 0 Å². The van der Waals surface area contributed by atoms with E-state index >= 15 is 0 Å². The molecule has 0 amide bonds. The SMILES string of the molecule is CC[C@@H]1CC1(CC)c1ccc(O)c(O)c1. The molecule has 0 saturated heterocycles. The van der Waals surface area contributed by atoms with E-state index in [4.69, 9.17) is 0 Å². The highest BCUT2D eigenvalue weighted by Gasteiger charge is 2.52. The molecule has 0 aromatic heterocycles. The maximum absolute atomic E-state index is 9.50. The Morgan fingerprint density at radius 1 is 1.27 bits per heavy atom. The molecular formula is C13H18O2. The third-order valence-electron chi connectivity index (χ3n) is 3.91. The molecule has 1 aliphatic rings. The van der Waals surface area contributed by atoms with Gasteiger partial charge in [0.2, 0.25) is 0 Å². The van der Waals surface area contributed by atoms with Gasteiger partial charge in [-0.3, -0.25) is 0 Å². The van der Waals surface area contributed by atoms with Crippen molar-refractivity contribution in [2.45, 2.75) is 38.5 Å². The van der Waals surface area contributed by atoms with Crippen LogP contribution in [-0.4, -0.2) is 10.2 Å². The average molecular weight is 206 g/mol. The van der Waals surface area contributed by atoms with E-state index in [0.717, 1.165) is 12.3 Å². The maximum atomic E-state index is 9.50. The molecular weight excluding hydrogens is 188 g/mol. The Morgan fingerprint density at radius 3 is 2.47 bits per heavy atom. The highest BCUT2D eigenvalue weighted by Crippen LogP contribution is 2.58. The molecule has 0 heterocycles. The summed E-state index contributed by atoms with van der Waals surface area (Å²) in [5, 5.41) is 18.8. The fourth-order valence-corrected chi connectivity index (χ4v) is 2.74. The molecule has 0 spiro atoms. The maximum Gasteiger partial charge on any atom is 0.157 e. The third-order valence-corrected chi connectivity index (χ3v) is 3.91. The first kappa shape index (κ1) is 10.3. The molecule has 2 rings (SSSR count). The fraction of sp³-hybridized carbons (Fsp3) is 0.538. The number of hydrogen-bond acceptors (Lipinski definition) is 2. The van der Waals surface area contributed by atoms with Crippen molar-refractivity contribution in [3.8, 4) is 11.5 Å². The molecule has 1 aromatic carbocycles. The monoisotopic (exact) mass is 206 g/mol. The van der Waals surface area contributed by atoms with Crippen LogP contribution in [0.2, 0.25) is 0 Å². The molecule has 2 nitrogen and oxygen atoms in total. The zero-order chi connectivity index (χ0) is 11.1. The van der Waals surface area contributed by atoms with Gasteiger partial charge >= 0.3 is 0 Å². The van der Waals surface area contributed by atoms with Crippen LogP contribution in [0.25, 0.3) is 0 Å². The molecule has 1 saturated carbocycles. The Balaban J connectivity index is 2.33. The lowest BCUT2D eigenvalue weighted by atomic mass is 9.89. The van der Waals surface area contributed by atoms with Gasteiger partial charge in [0.15, 0.2) is 11.5 Å². The standard InChI is InChI=1S/C13H18O2/c1-3-9-8-13(9,4-2)10-5-6-11(14)12(15)7-10/h5-7,9,14-15H,3-4,8H2,1-2H3/t9-,13?/m1/s1. The highest BCUT2D eigenvalue weighted by atomic mass is 16.3. The molecule has 1 aliphatic carbocycles. The summed E-state index contributed by atoms with van der Waals surface area (Å²) >= 11 is 0. The second kappa shape index (κ2) is 3.44. The molecule has 0 radical (unpaired) electrons. The minimum atomic E-state index is -0.0290. The summed E-state index contributed by atoms with van der Waals surface area (Å²) in [5.74, 6) is 0.715. The summed E-state index contributed by atoms with van der Waals surface area (Å²) in [6, 6.07) is 5.25. The smallest absolute Gasteiger partial charge is 0.157 e. The highest BCUT2D eigenvalue weighted by molar-refractivity contribution is 5.45. The van der Waals surface area contributed by atoms with Gasteiger partial charge in [0.25, 0.3) is 0 Å². The van der Waals surface area contributed by atoms with E-state index in [9.17, 15) is 10.2 Å². The first-order chi connectivity index (χ1) is 7.14. The summed E-state index contributed by atoms with van der Waals surface area (Å²) < 4.78 is 0. The van der Waals surface area contributed by atoms with Gasteiger partial charge in [0.1, 0.15) is 0 Å². The first-order valence-corrected chi connectivity index (χ1v) is 5.66. The van der Waals surface area contributed by atoms with Crippen molar-refractivity contribution < 1.29 is 10.2 Å². The van der Waals surface area contributed by atoms with E-state index in [-0.39, 0.29) is 16.9 Å². The number of rotatable bonds is 3. The van der Waals surface area contributed by atoms with E-state index < -0.39 is 0 Å². The lowest BCUT2D eigenvalue weighted by Gasteiger charge is -2.16. The largest absolute Gasteiger partial charge is 0.504 e. The average Bonchev–Trinajstić information content (AvgIpc) is 2.97. The van der Waals surface area contributed by atoms with E-state index in [0.29, 0.717) is 0 Å². The van der Waals surface area contributed by atoms with Gasteiger partial charge in [-0.1, -0.05) is 26.3 Å². The van der Waals surface area contributed by atoms with Gasteiger partial charge in [0.05, 0.1) is 0 Å². The van der Waals surface area contributed by atoms with Crippen LogP contribution in [-0.2, 0) is 5.41 Å². The molecule has 0 bridgehead atoms. The molecule has 1 unspecified atom stereocenters. The van der Waals surface area contributed by atoms with Gasteiger partial charge < -0.3 is 10.2 Å². The van der Waals surface area contributed by atoms with Crippen LogP contribution in [0, 0.1) is 5.92 Å². The summed E-state index contributed by atoms with van der Waals surface area (Å²) in [7, 11) is 0. The molecule has 1 aromatic rings. The van der Waals surface area contributed by atoms with Crippen LogP contribution in [0.3, 0.4) is 0 Å². The van der Waals surface area contributed by atoms with Crippen LogP contribution in [0.15, 0.2) is 18.2 Å². The van der Waals surface area contributed by atoms with Gasteiger partial charge in [0, 0.05) is 0 Å². The summed E-state index contributed by atoms with van der Waals surface area (Å²) in [6.07, 6.45) is 3.51. The third kappa shape index (κ3) is 1.48. The molecule has 0 aliphatic heterocycles. The van der Waals surface area contributed by atoms with Gasteiger partial charge in [-0.2, -0.15) is 0 Å². The van der Waals surface area contributed by atoms with Crippen LogP contribution in [0.4, 0.5) is 0 Å². The first-order valence-electron chi connectivity index (χ1n) is 5.66. The van der Waals surface area contributed by atoms with Gasteiger partial charge in [-0.25, -0.2) is 0 Å². The summed E-state index contributed by atoms with van der Waals surface area (Å²) in [5.41, 5.74) is 1.44. The van der Waals surface area contributed by atoms with E-state index in [2.05, 4.69) is 13.8 Å². The van der Waals surface area contributed by atoms with Crippen molar-refractivity contribution in [3.05, 3.63) is 23.8 Å². The predicted octanol–water partition coefficient (Wildman–Crippen LogP) is 3.18. The van der Waals surface area contributed by atoms with Crippen molar-refractivity contribution in [2.24, 2.45) is 5.92 Å². The van der Waals surface area contributed by atoms with Crippen molar-refractivity contribution >= 4 is 0 Å². The number of phenols is 2. The summed E-state index contributed by atoms with van der Waals surface area (Å²) in [6.45, 7) is 4.40. The number of aromatic hydroxyl groups is 2. The van der Waals surface area contributed by atoms with E-state index in [1.165, 1.54) is 18.4 Å². The van der Waals surface area contributed by atoms with Crippen LogP contribution in [0.1, 0.15) is 38.7 Å². The quantitative estimate of drug-likeness (QED) is 0.746. The normalized spacial score (nSPS) is 29.1. The number of benzene rings is 1. The Morgan fingerprint density at radius 2 is 2.00 bits per heavy atom. The molecule has 2 heteroatoms. The minimum Gasteiger partial charge on any atom is -0.504 e. The van der Waals surface area contributed by atoms with Crippen LogP contribution in [0.5, 0.6) is 11.5 Å². The van der Waals surface area contributed by atoms with Crippen LogP contribution >= 0.6 is 0 Å². The zero-order valence-electron chi connectivity index (χ0n) is 9.33. The lowest BCUT2D eigenvalue weighted by Crippen LogP contribution is -2.08. The van der Waals surface area contributed by atoms with Crippen LogP contribution < -0.4 is 0 Å². The Kier molecular flexibility index (Phi) is 2.37. The topological polar surface area (TPSA) is 40.5 Å². The second-order valence-electron chi connectivity index (χ2n) is 4.52. The lowest BCUT2D eigenvalue weighted by molar-refractivity contribution is 0.401. The van der Waals surface area contributed by atoms with E-state index in [1.807, 2.05) is 6.07 Å². The van der Waals surface area contributed by atoms with Gasteiger partial charge in [-0.15, -0.1) is 0 Å². The predicted molar refractivity (Wildman–Crippen MR) is 60.1 cm³/mol. The number of phenolic OH excluding ortho intramolecular Hbond substituents is 2. The number of hydrogen-bond donors (Lipinski definition) is 2. The van der Waals surface area contributed by atoms with Crippen molar-refractivity contribution in [2.75, 3.05) is 0 Å². The minimum absolute atomic E-state index is 0.00192. The molecule has 82 valence electrons. The Bertz CT molecular complexity index is 373. The molecule has 1 fully saturated rings.